The molecule has 1 amide bonds. The molecule has 6 nitrogen and oxygen atoms in total. The summed E-state index contributed by atoms with van der Waals surface area (Å²) in [5.74, 6) is -0.480. The average Bonchev–Trinajstić information content (AvgIpc) is 3.24. The molecule has 0 spiro atoms. The van der Waals surface area contributed by atoms with Gasteiger partial charge in [-0.1, -0.05) is 244 Å². The zero-order valence-electron chi connectivity index (χ0n) is 40.4. The molecule has 0 aromatic carbocycles. The third-order valence-electron chi connectivity index (χ3n) is 12.3. The predicted octanol–water partition coefficient (Wildman–Crippen LogP) is 15.9. The number of aliphatic hydroxyl groups excluding tert-OH is 2. The number of hydrogen-bond acceptors (Lipinski definition) is 5. The Hall–Kier alpha value is -1.66. The van der Waals surface area contributed by atoms with Gasteiger partial charge in [-0.3, -0.25) is 9.59 Å². The van der Waals surface area contributed by atoms with Crippen molar-refractivity contribution in [3.63, 3.8) is 0 Å². The van der Waals surface area contributed by atoms with E-state index in [9.17, 15) is 19.8 Å². The Morgan fingerprint density at radius 2 is 0.833 bits per heavy atom. The molecule has 0 saturated carbocycles. The topological polar surface area (TPSA) is 95.9 Å². The van der Waals surface area contributed by atoms with Crippen molar-refractivity contribution < 1.29 is 24.5 Å². The zero-order valence-corrected chi connectivity index (χ0v) is 40.4. The highest BCUT2D eigenvalue weighted by Gasteiger charge is 2.24. The Balaban J connectivity index is 4.44. The number of unbranched alkanes of at least 4 members (excludes halogenated alkanes) is 33. The van der Waals surface area contributed by atoms with Crippen LogP contribution in [0.5, 0.6) is 0 Å². The van der Waals surface area contributed by atoms with Crippen LogP contribution in [-0.2, 0) is 14.3 Å². The largest absolute Gasteiger partial charge is 0.462 e. The molecule has 6 heteroatoms. The first kappa shape index (κ1) is 58.3. The number of allylic oxidation sites excluding steroid dienone is 4. The van der Waals surface area contributed by atoms with Crippen LogP contribution in [0.1, 0.15) is 284 Å². The molecule has 0 radical (unpaired) electrons. The molecule has 3 unspecified atom stereocenters. The van der Waals surface area contributed by atoms with Gasteiger partial charge in [-0.05, 0) is 51.4 Å². The van der Waals surface area contributed by atoms with E-state index in [1.807, 2.05) is 0 Å². The van der Waals surface area contributed by atoms with Gasteiger partial charge in [-0.2, -0.15) is 0 Å². The molecular formula is C54H103NO5. The Kier molecular flexibility index (Phi) is 47.0. The summed E-state index contributed by atoms with van der Waals surface area (Å²) in [4.78, 5) is 26.1. The number of esters is 1. The smallest absolute Gasteiger partial charge is 0.306 e. The Bertz CT molecular complexity index is 950. The highest BCUT2D eigenvalue weighted by atomic mass is 16.5. The van der Waals surface area contributed by atoms with Gasteiger partial charge in [0.15, 0.2) is 0 Å². The molecule has 0 heterocycles. The highest BCUT2D eigenvalue weighted by molar-refractivity contribution is 5.77. The monoisotopic (exact) mass is 846 g/mol. The Morgan fingerprint density at radius 3 is 1.23 bits per heavy atom. The molecule has 0 aromatic rings. The van der Waals surface area contributed by atoms with E-state index in [0.29, 0.717) is 19.3 Å². The first-order valence-electron chi connectivity index (χ1n) is 26.6. The first-order chi connectivity index (χ1) is 29.5. The van der Waals surface area contributed by atoms with Gasteiger partial charge in [-0.25, -0.2) is 0 Å². The summed E-state index contributed by atoms with van der Waals surface area (Å²) in [7, 11) is 0. The van der Waals surface area contributed by atoms with Crippen LogP contribution in [0.25, 0.3) is 0 Å². The van der Waals surface area contributed by atoms with Gasteiger partial charge in [-0.15, -0.1) is 0 Å². The maximum absolute atomic E-state index is 13.2. The van der Waals surface area contributed by atoms with E-state index in [4.69, 9.17) is 4.74 Å². The van der Waals surface area contributed by atoms with Crippen LogP contribution in [0.2, 0.25) is 0 Å². The minimum absolute atomic E-state index is 0.0761. The second-order valence-electron chi connectivity index (χ2n) is 18.3. The maximum atomic E-state index is 13.2. The lowest BCUT2D eigenvalue weighted by atomic mass is 10.0. The fraction of sp³-hybridized carbons (Fsp3) is 0.889. The third kappa shape index (κ3) is 43.0. The highest BCUT2D eigenvalue weighted by Crippen LogP contribution is 2.18. The number of carbonyl (C=O) groups is 2. The molecule has 0 rings (SSSR count). The second-order valence-corrected chi connectivity index (χ2v) is 18.3. The number of carbonyl (C=O) groups excluding carboxylic acids is 2. The van der Waals surface area contributed by atoms with Crippen molar-refractivity contribution in [1.82, 2.24) is 5.32 Å². The summed E-state index contributed by atoms with van der Waals surface area (Å²) in [6.07, 6.45) is 55.3. The maximum Gasteiger partial charge on any atom is 0.306 e. The van der Waals surface area contributed by atoms with Crippen molar-refractivity contribution >= 4 is 11.9 Å². The number of hydrogen-bond donors (Lipinski definition) is 3. The summed E-state index contributed by atoms with van der Waals surface area (Å²) < 4.78 is 5.92. The van der Waals surface area contributed by atoms with Crippen LogP contribution in [0.4, 0.5) is 0 Å². The van der Waals surface area contributed by atoms with E-state index < -0.39 is 18.2 Å². The summed E-state index contributed by atoms with van der Waals surface area (Å²) in [5.41, 5.74) is 0. The van der Waals surface area contributed by atoms with E-state index in [0.717, 1.165) is 51.4 Å². The van der Waals surface area contributed by atoms with E-state index in [1.165, 1.54) is 186 Å². The fourth-order valence-electron chi connectivity index (χ4n) is 8.25. The number of nitrogens with one attached hydrogen (secondary N) is 1. The van der Waals surface area contributed by atoms with Crippen LogP contribution in [0, 0.1) is 0 Å². The number of aliphatic hydroxyl groups is 2. The first-order valence-corrected chi connectivity index (χ1v) is 26.6. The Morgan fingerprint density at radius 1 is 0.483 bits per heavy atom. The summed E-state index contributed by atoms with van der Waals surface area (Å²) in [6, 6.07) is -0.699. The number of amides is 1. The average molecular weight is 846 g/mol. The molecule has 60 heavy (non-hydrogen) atoms. The van der Waals surface area contributed by atoms with Crippen LogP contribution in [-0.4, -0.2) is 46.9 Å². The summed E-state index contributed by atoms with van der Waals surface area (Å²) >= 11 is 0. The lowest BCUT2D eigenvalue weighted by Crippen LogP contribution is -2.46. The Labute approximate surface area is 373 Å². The quantitative estimate of drug-likeness (QED) is 0.0322. The summed E-state index contributed by atoms with van der Waals surface area (Å²) in [6.45, 7) is 6.48. The molecule has 0 aliphatic heterocycles. The standard InChI is InChI=1S/C54H103NO5/c1-4-7-10-13-16-19-21-23-25-26-27-28-30-32-35-38-41-44-47-54(59)60-50(45-42-39-36-33-18-15-12-9-6-3)48-53(58)55-51(49-56)52(57)46-43-40-37-34-31-29-24-22-20-17-14-11-8-5-2/h25-28,50-52,56-57H,4-24,29-49H2,1-3H3,(H,55,58)/b26-25+,28-27+. The number of rotatable bonds is 48. The zero-order chi connectivity index (χ0) is 43.8. The molecule has 0 bridgehead atoms. The van der Waals surface area contributed by atoms with Crippen molar-refractivity contribution in [2.45, 2.75) is 302 Å². The number of ether oxygens (including phenoxy) is 1. The molecule has 0 fully saturated rings. The van der Waals surface area contributed by atoms with Gasteiger partial charge in [0.2, 0.25) is 5.91 Å². The van der Waals surface area contributed by atoms with Crippen LogP contribution in [0.3, 0.4) is 0 Å². The third-order valence-corrected chi connectivity index (χ3v) is 12.3. The van der Waals surface area contributed by atoms with Gasteiger partial charge < -0.3 is 20.3 Å². The molecule has 3 N–H and O–H groups in total. The van der Waals surface area contributed by atoms with Crippen molar-refractivity contribution in [2.75, 3.05) is 6.61 Å². The van der Waals surface area contributed by atoms with Crippen molar-refractivity contribution in [1.29, 1.82) is 0 Å². The van der Waals surface area contributed by atoms with E-state index >= 15 is 0 Å². The lowest BCUT2D eigenvalue weighted by molar-refractivity contribution is -0.151. The minimum Gasteiger partial charge on any atom is -0.462 e. The van der Waals surface area contributed by atoms with E-state index in [-0.39, 0.29) is 24.9 Å². The van der Waals surface area contributed by atoms with Gasteiger partial charge in [0.25, 0.3) is 0 Å². The van der Waals surface area contributed by atoms with Crippen molar-refractivity contribution in [3.05, 3.63) is 24.3 Å². The minimum atomic E-state index is -0.785. The van der Waals surface area contributed by atoms with Gasteiger partial charge in [0.1, 0.15) is 6.10 Å². The SMILES string of the molecule is CCCCCCCCC/C=C/C=C/CCCCCCCC(=O)OC(CCCCCCCCCCC)CC(=O)NC(CO)C(O)CCCCCCCCCCCCCCCC. The van der Waals surface area contributed by atoms with Gasteiger partial charge in [0.05, 0.1) is 25.2 Å². The lowest BCUT2D eigenvalue weighted by Gasteiger charge is -2.24. The fourth-order valence-corrected chi connectivity index (χ4v) is 8.25. The normalized spacial score (nSPS) is 13.3. The molecule has 0 saturated heterocycles. The molecular weight excluding hydrogens is 743 g/mol. The van der Waals surface area contributed by atoms with Crippen LogP contribution < -0.4 is 5.32 Å². The van der Waals surface area contributed by atoms with Crippen molar-refractivity contribution in [2.24, 2.45) is 0 Å². The summed E-state index contributed by atoms with van der Waals surface area (Å²) in [5, 5.41) is 23.8. The molecule has 0 aliphatic carbocycles. The van der Waals surface area contributed by atoms with Crippen LogP contribution in [0.15, 0.2) is 24.3 Å². The van der Waals surface area contributed by atoms with E-state index in [2.05, 4.69) is 50.4 Å². The molecule has 3 atom stereocenters. The van der Waals surface area contributed by atoms with Crippen molar-refractivity contribution in [3.8, 4) is 0 Å². The molecule has 0 aliphatic rings. The van der Waals surface area contributed by atoms with E-state index in [1.54, 1.807) is 0 Å². The predicted molar refractivity (Wildman–Crippen MR) is 260 cm³/mol. The molecule has 354 valence electrons. The van der Waals surface area contributed by atoms with Crippen LogP contribution >= 0.6 is 0 Å². The van der Waals surface area contributed by atoms with Gasteiger partial charge in [0, 0.05) is 6.42 Å². The molecule has 0 aromatic heterocycles. The second kappa shape index (κ2) is 48.4. The van der Waals surface area contributed by atoms with Gasteiger partial charge >= 0.3 is 5.97 Å².